The zero-order valence-electron chi connectivity index (χ0n) is 9.65. The lowest BCUT2D eigenvalue weighted by Crippen LogP contribution is -2.29. The zero-order chi connectivity index (χ0) is 10.5. The predicted molar refractivity (Wildman–Crippen MR) is 61.6 cm³/mol. The molecule has 3 heteroatoms. The lowest BCUT2D eigenvalue weighted by molar-refractivity contribution is 0.218. The fourth-order valence-corrected chi connectivity index (χ4v) is 2.19. The molecule has 2 heterocycles. The molecule has 1 saturated heterocycles. The summed E-state index contributed by atoms with van der Waals surface area (Å²) in [7, 11) is 0. The summed E-state index contributed by atoms with van der Waals surface area (Å²) in [6.45, 7) is 6.77. The zero-order valence-corrected chi connectivity index (χ0v) is 9.65. The number of nitrogens with zero attached hydrogens (tertiary/aromatic N) is 3. The average molecular weight is 207 g/mol. The molecule has 84 valence electrons. The minimum absolute atomic E-state index is 1.04. The van der Waals surface area contributed by atoms with Crippen molar-refractivity contribution >= 4 is 0 Å². The Bertz CT molecular complexity index is 287. The van der Waals surface area contributed by atoms with E-state index >= 15 is 0 Å². The summed E-state index contributed by atoms with van der Waals surface area (Å²) in [4.78, 5) is 2.52. The van der Waals surface area contributed by atoms with Crippen LogP contribution in [0.3, 0.4) is 0 Å². The Morgan fingerprint density at radius 1 is 1.27 bits per heavy atom. The minimum Gasteiger partial charge on any atom is -0.297 e. The molecule has 0 aliphatic carbocycles. The molecule has 2 rings (SSSR count). The molecule has 0 aromatic carbocycles. The predicted octanol–water partition coefficient (Wildman–Crippen LogP) is 2.28. The molecule has 0 radical (unpaired) electrons. The molecule has 0 amide bonds. The van der Waals surface area contributed by atoms with Gasteiger partial charge in [0.25, 0.3) is 0 Å². The first-order chi connectivity index (χ1) is 7.38. The van der Waals surface area contributed by atoms with Crippen molar-refractivity contribution in [1.29, 1.82) is 0 Å². The quantitative estimate of drug-likeness (QED) is 0.755. The van der Waals surface area contributed by atoms with E-state index in [0.717, 1.165) is 19.5 Å². The van der Waals surface area contributed by atoms with Crippen LogP contribution >= 0.6 is 0 Å². The van der Waals surface area contributed by atoms with Crippen LogP contribution < -0.4 is 0 Å². The Labute approximate surface area is 92.1 Å². The van der Waals surface area contributed by atoms with Gasteiger partial charge < -0.3 is 0 Å². The standard InChI is InChI=1S/C12H21N3/c1-2-7-15-10-6-12(13-15)11-14-8-4-3-5-9-14/h6,10H,2-5,7-9,11H2,1H3. The van der Waals surface area contributed by atoms with Gasteiger partial charge in [0.2, 0.25) is 0 Å². The third-order valence-corrected chi connectivity index (χ3v) is 2.98. The topological polar surface area (TPSA) is 21.1 Å². The first-order valence-electron chi connectivity index (χ1n) is 6.13. The molecule has 0 N–H and O–H groups in total. The van der Waals surface area contributed by atoms with E-state index in [1.54, 1.807) is 0 Å². The molecule has 15 heavy (non-hydrogen) atoms. The van der Waals surface area contributed by atoms with Crippen LogP contribution in [0.15, 0.2) is 12.3 Å². The van der Waals surface area contributed by atoms with Gasteiger partial charge in [0.05, 0.1) is 5.69 Å². The first-order valence-corrected chi connectivity index (χ1v) is 6.13. The van der Waals surface area contributed by atoms with E-state index < -0.39 is 0 Å². The summed E-state index contributed by atoms with van der Waals surface area (Å²) in [5, 5.41) is 4.57. The molecule has 1 aliphatic rings. The molecule has 0 bridgehead atoms. The molecular weight excluding hydrogens is 186 g/mol. The van der Waals surface area contributed by atoms with E-state index in [1.165, 1.54) is 38.0 Å². The monoisotopic (exact) mass is 207 g/mol. The van der Waals surface area contributed by atoms with Crippen LogP contribution in [0.4, 0.5) is 0 Å². The van der Waals surface area contributed by atoms with Gasteiger partial charge in [-0.2, -0.15) is 5.10 Å². The number of aromatic nitrogens is 2. The number of likely N-dealkylation sites (tertiary alicyclic amines) is 1. The van der Waals surface area contributed by atoms with Gasteiger partial charge in [-0.1, -0.05) is 13.3 Å². The van der Waals surface area contributed by atoms with Crippen molar-refractivity contribution < 1.29 is 0 Å². The van der Waals surface area contributed by atoms with Gasteiger partial charge in [0.1, 0.15) is 0 Å². The average Bonchev–Trinajstić information content (AvgIpc) is 2.68. The summed E-state index contributed by atoms with van der Waals surface area (Å²) in [5.41, 5.74) is 1.23. The molecular formula is C12H21N3. The van der Waals surface area contributed by atoms with E-state index in [0.29, 0.717) is 0 Å². The van der Waals surface area contributed by atoms with E-state index in [2.05, 4.69) is 33.9 Å². The highest BCUT2D eigenvalue weighted by Crippen LogP contribution is 2.11. The largest absolute Gasteiger partial charge is 0.297 e. The van der Waals surface area contributed by atoms with E-state index in [9.17, 15) is 0 Å². The number of piperidine rings is 1. The molecule has 0 atom stereocenters. The normalized spacial score (nSPS) is 18.2. The second-order valence-corrected chi connectivity index (χ2v) is 4.41. The maximum absolute atomic E-state index is 4.57. The third kappa shape index (κ3) is 3.06. The van der Waals surface area contributed by atoms with Gasteiger partial charge in [0.15, 0.2) is 0 Å². The molecule has 1 aromatic heterocycles. The minimum atomic E-state index is 1.04. The van der Waals surface area contributed by atoms with Crippen LogP contribution in [0.1, 0.15) is 38.3 Å². The van der Waals surface area contributed by atoms with E-state index in [4.69, 9.17) is 0 Å². The molecule has 1 fully saturated rings. The number of aryl methyl sites for hydroxylation is 1. The highest BCUT2D eigenvalue weighted by atomic mass is 15.3. The SMILES string of the molecule is CCCn1ccc(CN2CCCCC2)n1. The molecule has 3 nitrogen and oxygen atoms in total. The van der Waals surface area contributed by atoms with Crippen LogP contribution in [-0.2, 0) is 13.1 Å². The molecule has 0 spiro atoms. The molecule has 1 aromatic rings. The van der Waals surface area contributed by atoms with Crippen LogP contribution in [0.2, 0.25) is 0 Å². The number of hydrogen-bond donors (Lipinski definition) is 0. The fraction of sp³-hybridized carbons (Fsp3) is 0.750. The fourth-order valence-electron chi connectivity index (χ4n) is 2.19. The van der Waals surface area contributed by atoms with Crippen LogP contribution in [-0.4, -0.2) is 27.8 Å². The van der Waals surface area contributed by atoms with E-state index in [-0.39, 0.29) is 0 Å². The summed E-state index contributed by atoms with van der Waals surface area (Å²) < 4.78 is 2.05. The van der Waals surface area contributed by atoms with Gasteiger partial charge >= 0.3 is 0 Å². The second kappa shape index (κ2) is 5.31. The summed E-state index contributed by atoms with van der Waals surface area (Å²) in [5.74, 6) is 0. The Kier molecular flexibility index (Phi) is 3.78. The third-order valence-electron chi connectivity index (χ3n) is 2.98. The molecule has 1 aliphatic heterocycles. The van der Waals surface area contributed by atoms with Gasteiger partial charge in [-0.05, 0) is 38.4 Å². The summed E-state index contributed by atoms with van der Waals surface area (Å²) >= 11 is 0. The Hall–Kier alpha value is -0.830. The maximum Gasteiger partial charge on any atom is 0.0764 e. The van der Waals surface area contributed by atoms with Crippen molar-refractivity contribution in [2.75, 3.05) is 13.1 Å². The van der Waals surface area contributed by atoms with Gasteiger partial charge in [-0.15, -0.1) is 0 Å². The lowest BCUT2D eigenvalue weighted by atomic mass is 10.1. The van der Waals surface area contributed by atoms with Crippen LogP contribution in [0, 0.1) is 0 Å². The van der Waals surface area contributed by atoms with Crippen molar-refractivity contribution in [3.63, 3.8) is 0 Å². The lowest BCUT2D eigenvalue weighted by Gasteiger charge is -2.25. The van der Waals surface area contributed by atoms with E-state index in [1.807, 2.05) is 0 Å². The highest BCUT2D eigenvalue weighted by Gasteiger charge is 2.11. The number of rotatable bonds is 4. The van der Waals surface area contributed by atoms with Crippen LogP contribution in [0.25, 0.3) is 0 Å². The Morgan fingerprint density at radius 3 is 2.80 bits per heavy atom. The van der Waals surface area contributed by atoms with Crippen molar-refractivity contribution in [1.82, 2.24) is 14.7 Å². The maximum atomic E-state index is 4.57. The molecule has 0 unspecified atom stereocenters. The second-order valence-electron chi connectivity index (χ2n) is 4.41. The summed E-state index contributed by atoms with van der Waals surface area (Å²) in [6.07, 6.45) is 7.37. The molecule has 0 saturated carbocycles. The Morgan fingerprint density at radius 2 is 2.07 bits per heavy atom. The van der Waals surface area contributed by atoms with Crippen molar-refractivity contribution in [2.24, 2.45) is 0 Å². The van der Waals surface area contributed by atoms with Crippen LogP contribution in [0.5, 0.6) is 0 Å². The van der Waals surface area contributed by atoms with Gasteiger partial charge in [-0.3, -0.25) is 9.58 Å². The smallest absolute Gasteiger partial charge is 0.0764 e. The van der Waals surface area contributed by atoms with Gasteiger partial charge in [0, 0.05) is 19.3 Å². The van der Waals surface area contributed by atoms with Crippen molar-refractivity contribution in [3.05, 3.63) is 18.0 Å². The highest BCUT2D eigenvalue weighted by molar-refractivity contribution is 4.99. The Balaban J connectivity index is 1.86. The van der Waals surface area contributed by atoms with Gasteiger partial charge in [-0.25, -0.2) is 0 Å². The number of hydrogen-bond acceptors (Lipinski definition) is 2. The first kappa shape index (κ1) is 10.7. The van der Waals surface area contributed by atoms with Crippen molar-refractivity contribution in [3.8, 4) is 0 Å². The summed E-state index contributed by atoms with van der Waals surface area (Å²) in [6, 6.07) is 2.16. The van der Waals surface area contributed by atoms with Crippen molar-refractivity contribution in [2.45, 2.75) is 45.7 Å².